The molecule has 8 nitrogen and oxygen atoms in total. The van der Waals surface area contributed by atoms with Crippen LogP contribution in [0.2, 0.25) is 0 Å². The van der Waals surface area contributed by atoms with Gasteiger partial charge in [-0.1, -0.05) is 12.1 Å². The van der Waals surface area contributed by atoms with Gasteiger partial charge in [-0.15, -0.1) is 0 Å². The molecule has 0 bridgehead atoms. The molecule has 1 heterocycles. The van der Waals surface area contributed by atoms with Gasteiger partial charge in [0.25, 0.3) is 5.91 Å². The summed E-state index contributed by atoms with van der Waals surface area (Å²) in [5, 5.41) is 5.88. The van der Waals surface area contributed by atoms with Crippen LogP contribution in [0, 0.1) is 6.92 Å². The number of carbonyl (C=O) groups excluding carboxylic acids is 1. The highest BCUT2D eigenvalue weighted by molar-refractivity contribution is 6.03. The summed E-state index contributed by atoms with van der Waals surface area (Å²) in [6.07, 6.45) is 1.51. The van der Waals surface area contributed by atoms with E-state index in [2.05, 4.69) is 20.6 Å². The molecule has 0 atom stereocenters. The van der Waals surface area contributed by atoms with Gasteiger partial charge in [-0.05, 0) is 30.7 Å². The molecule has 3 rings (SSSR count). The number of nitrogens with zero attached hydrogens (tertiary/aromatic N) is 2. The number of anilines is 3. The van der Waals surface area contributed by atoms with Crippen LogP contribution in [0.15, 0.2) is 48.7 Å². The molecule has 0 aliphatic carbocycles. The Morgan fingerprint density at radius 2 is 1.66 bits per heavy atom. The van der Waals surface area contributed by atoms with Gasteiger partial charge in [0, 0.05) is 29.7 Å². The first-order valence-electron chi connectivity index (χ1n) is 8.82. The summed E-state index contributed by atoms with van der Waals surface area (Å²) in [7, 11) is 4.61. The van der Waals surface area contributed by atoms with Crippen LogP contribution in [-0.2, 0) is 0 Å². The Morgan fingerprint density at radius 1 is 0.931 bits per heavy atom. The van der Waals surface area contributed by atoms with Gasteiger partial charge in [0.2, 0.25) is 11.7 Å². The van der Waals surface area contributed by atoms with Gasteiger partial charge < -0.3 is 24.8 Å². The van der Waals surface area contributed by atoms with Gasteiger partial charge in [-0.3, -0.25) is 4.79 Å². The van der Waals surface area contributed by atoms with E-state index in [4.69, 9.17) is 14.2 Å². The number of amides is 1. The van der Waals surface area contributed by atoms with Crippen molar-refractivity contribution in [2.45, 2.75) is 6.92 Å². The van der Waals surface area contributed by atoms with E-state index in [1.54, 1.807) is 18.2 Å². The van der Waals surface area contributed by atoms with E-state index in [0.717, 1.165) is 5.56 Å². The number of aromatic nitrogens is 2. The Labute approximate surface area is 168 Å². The summed E-state index contributed by atoms with van der Waals surface area (Å²) in [6.45, 7) is 1.96. The lowest BCUT2D eigenvalue weighted by Crippen LogP contribution is -2.14. The zero-order valence-electron chi connectivity index (χ0n) is 16.6. The zero-order chi connectivity index (χ0) is 20.8. The molecule has 0 spiro atoms. The SMILES string of the molecule is COc1cc(Nc2nccc(C(=O)Nc3cccc(C)c3)n2)cc(OC)c1OC. The van der Waals surface area contributed by atoms with Crippen molar-refractivity contribution < 1.29 is 19.0 Å². The van der Waals surface area contributed by atoms with Gasteiger partial charge in [-0.25, -0.2) is 9.97 Å². The predicted molar refractivity (Wildman–Crippen MR) is 111 cm³/mol. The minimum Gasteiger partial charge on any atom is -0.493 e. The molecule has 2 N–H and O–H groups in total. The number of methoxy groups -OCH3 is 3. The van der Waals surface area contributed by atoms with E-state index in [0.29, 0.717) is 28.6 Å². The Balaban J connectivity index is 1.82. The fraction of sp³-hybridized carbons (Fsp3) is 0.190. The van der Waals surface area contributed by atoms with E-state index in [1.165, 1.54) is 27.5 Å². The van der Waals surface area contributed by atoms with Crippen molar-refractivity contribution in [2.75, 3.05) is 32.0 Å². The molecule has 1 aromatic heterocycles. The second kappa shape index (κ2) is 8.92. The number of carbonyl (C=O) groups is 1. The Bertz CT molecular complexity index is 998. The summed E-state index contributed by atoms with van der Waals surface area (Å²) in [5.41, 5.74) is 2.61. The van der Waals surface area contributed by atoms with Gasteiger partial charge in [0.15, 0.2) is 11.5 Å². The van der Waals surface area contributed by atoms with E-state index in [9.17, 15) is 4.79 Å². The van der Waals surface area contributed by atoms with Gasteiger partial charge in [0.1, 0.15) is 5.69 Å². The fourth-order valence-corrected chi connectivity index (χ4v) is 2.75. The summed E-state index contributed by atoms with van der Waals surface area (Å²) < 4.78 is 16.0. The molecule has 150 valence electrons. The molecule has 2 aromatic carbocycles. The number of nitrogens with one attached hydrogen (secondary N) is 2. The summed E-state index contributed by atoms with van der Waals surface area (Å²) >= 11 is 0. The first-order valence-corrected chi connectivity index (χ1v) is 8.82. The number of benzene rings is 2. The number of hydrogen-bond acceptors (Lipinski definition) is 7. The monoisotopic (exact) mass is 394 g/mol. The van der Waals surface area contributed by atoms with Crippen LogP contribution in [0.5, 0.6) is 17.2 Å². The molecular weight excluding hydrogens is 372 g/mol. The number of aryl methyl sites for hydroxylation is 1. The third-order valence-corrected chi connectivity index (χ3v) is 4.09. The highest BCUT2D eigenvalue weighted by atomic mass is 16.5. The summed E-state index contributed by atoms with van der Waals surface area (Å²) in [4.78, 5) is 21.0. The van der Waals surface area contributed by atoms with E-state index in [1.807, 2.05) is 31.2 Å². The van der Waals surface area contributed by atoms with Crippen molar-refractivity contribution in [3.8, 4) is 17.2 Å². The molecule has 0 aliphatic rings. The van der Waals surface area contributed by atoms with Gasteiger partial charge >= 0.3 is 0 Å². The minimum absolute atomic E-state index is 0.233. The number of rotatable bonds is 7. The minimum atomic E-state index is -0.328. The average Bonchev–Trinajstić information content (AvgIpc) is 2.73. The van der Waals surface area contributed by atoms with Crippen molar-refractivity contribution in [2.24, 2.45) is 0 Å². The lowest BCUT2D eigenvalue weighted by Gasteiger charge is -2.14. The van der Waals surface area contributed by atoms with Crippen molar-refractivity contribution in [1.29, 1.82) is 0 Å². The van der Waals surface area contributed by atoms with E-state index >= 15 is 0 Å². The molecule has 8 heteroatoms. The first kappa shape index (κ1) is 19.9. The largest absolute Gasteiger partial charge is 0.493 e. The topological polar surface area (TPSA) is 94.6 Å². The molecule has 29 heavy (non-hydrogen) atoms. The van der Waals surface area contributed by atoms with Crippen LogP contribution >= 0.6 is 0 Å². The Morgan fingerprint density at radius 3 is 2.28 bits per heavy atom. The van der Waals surface area contributed by atoms with Gasteiger partial charge in [0.05, 0.1) is 21.3 Å². The maximum absolute atomic E-state index is 12.5. The number of ether oxygens (including phenoxy) is 3. The summed E-state index contributed by atoms with van der Waals surface area (Å²) in [6, 6.07) is 12.5. The molecule has 3 aromatic rings. The van der Waals surface area contributed by atoms with Crippen molar-refractivity contribution in [1.82, 2.24) is 9.97 Å². The lowest BCUT2D eigenvalue weighted by molar-refractivity contribution is 0.102. The third-order valence-electron chi connectivity index (χ3n) is 4.09. The van der Waals surface area contributed by atoms with Crippen LogP contribution < -0.4 is 24.8 Å². The zero-order valence-corrected chi connectivity index (χ0v) is 16.6. The highest BCUT2D eigenvalue weighted by Gasteiger charge is 2.15. The molecule has 0 unspecified atom stereocenters. The van der Waals surface area contributed by atoms with E-state index in [-0.39, 0.29) is 17.5 Å². The van der Waals surface area contributed by atoms with Crippen LogP contribution in [-0.4, -0.2) is 37.2 Å². The van der Waals surface area contributed by atoms with Crippen LogP contribution in [0.1, 0.15) is 16.1 Å². The predicted octanol–water partition coefficient (Wildman–Crippen LogP) is 3.81. The van der Waals surface area contributed by atoms with Crippen LogP contribution in [0.25, 0.3) is 0 Å². The normalized spacial score (nSPS) is 10.2. The average molecular weight is 394 g/mol. The third kappa shape index (κ3) is 4.73. The Kier molecular flexibility index (Phi) is 6.13. The Hall–Kier alpha value is -3.81. The number of hydrogen-bond donors (Lipinski definition) is 2. The first-order chi connectivity index (χ1) is 14.0. The van der Waals surface area contributed by atoms with E-state index < -0.39 is 0 Å². The molecule has 0 fully saturated rings. The summed E-state index contributed by atoms with van der Waals surface area (Å²) in [5.74, 6) is 1.39. The molecule has 0 aliphatic heterocycles. The fourth-order valence-electron chi connectivity index (χ4n) is 2.75. The quantitative estimate of drug-likeness (QED) is 0.629. The molecular formula is C21H22N4O4. The molecule has 0 saturated carbocycles. The maximum atomic E-state index is 12.5. The smallest absolute Gasteiger partial charge is 0.274 e. The molecule has 0 saturated heterocycles. The van der Waals surface area contributed by atoms with Gasteiger partial charge in [-0.2, -0.15) is 0 Å². The van der Waals surface area contributed by atoms with Crippen LogP contribution in [0.3, 0.4) is 0 Å². The van der Waals surface area contributed by atoms with Crippen molar-refractivity contribution >= 4 is 23.2 Å². The van der Waals surface area contributed by atoms with Crippen molar-refractivity contribution in [3.63, 3.8) is 0 Å². The second-order valence-electron chi connectivity index (χ2n) is 6.13. The molecule has 0 radical (unpaired) electrons. The maximum Gasteiger partial charge on any atom is 0.274 e. The second-order valence-corrected chi connectivity index (χ2v) is 6.13. The molecule has 1 amide bonds. The standard InChI is InChI=1S/C21H22N4O4/c1-13-6-5-7-14(10-13)23-20(26)16-8-9-22-21(25-16)24-15-11-17(27-2)19(29-4)18(12-15)28-3/h5-12H,1-4H3,(H,23,26)(H,22,24,25). The highest BCUT2D eigenvalue weighted by Crippen LogP contribution is 2.40. The lowest BCUT2D eigenvalue weighted by atomic mass is 10.2. The van der Waals surface area contributed by atoms with Crippen molar-refractivity contribution in [3.05, 3.63) is 59.9 Å². The van der Waals surface area contributed by atoms with Crippen LogP contribution in [0.4, 0.5) is 17.3 Å².